The van der Waals surface area contributed by atoms with Crippen LogP contribution in [-0.2, 0) is 16.0 Å². The summed E-state index contributed by atoms with van der Waals surface area (Å²) in [4.78, 5) is 52.6. The van der Waals surface area contributed by atoms with Crippen molar-refractivity contribution in [2.75, 3.05) is 13.3 Å². The van der Waals surface area contributed by atoms with Gasteiger partial charge in [0.15, 0.2) is 35.4 Å². The lowest BCUT2D eigenvalue weighted by atomic mass is 9.76. The van der Waals surface area contributed by atoms with Crippen molar-refractivity contribution in [1.82, 2.24) is 0 Å². The third-order valence-corrected chi connectivity index (χ3v) is 11.3. The number of fused-ring (bicyclic) bond motifs is 3. The molecular weight excluding hydrogens is 754 g/mol. The molecule has 3 aromatic rings. The van der Waals surface area contributed by atoms with Gasteiger partial charge >= 0.3 is 0 Å². The maximum atomic E-state index is 14.4. The Kier molecular flexibility index (Phi) is 10.6. The van der Waals surface area contributed by atoms with Gasteiger partial charge in [0.25, 0.3) is 5.84 Å². The van der Waals surface area contributed by atoms with Crippen LogP contribution in [0.1, 0.15) is 81.5 Å². The SMILES string of the molecule is N=C1N=C([O-])C2=NC[NH+](c3ccccc3Cc3cc4c(c(OC[C@H](O)CC=O)c3O[C@@H]3O[C@@H](C5(O)CCCCC5)[C@H](O)[C@@H](O)[C@@H]3O)C(=O)c3ccccc3C4=O)C2=N1. The van der Waals surface area contributed by atoms with E-state index in [1.165, 1.54) is 18.2 Å². The van der Waals surface area contributed by atoms with E-state index in [2.05, 4.69) is 15.0 Å². The first-order valence-electron chi connectivity index (χ1n) is 19.0. The highest BCUT2D eigenvalue weighted by atomic mass is 16.7. The molecule has 1 saturated heterocycles. The Morgan fingerprint density at radius 2 is 1.64 bits per heavy atom. The molecule has 0 spiro atoms. The van der Waals surface area contributed by atoms with Gasteiger partial charge < -0.3 is 49.6 Å². The maximum absolute atomic E-state index is 14.4. The van der Waals surface area contributed by atoms with Gasteiger partial charge in [-0.05, 0) is 25.0 Å². The van der Waals surface area contributed by atoms with Crippen LogP contribution >= 0.6 is 0 Å². The summed E-state index contributed by atoms with van der Waals surface area (Å²) >= 11 is 0. The first-order valence-corrected chi connectivity index (χ1v) is 19.0. The highest BCUT2D eigenvalue weighted by Gasteiger charge is 2.54. The van der Waals surface area contributed by atoms with Crippen LogP contribution in [0.3, 0.4) is 0 Å². The van der Waals surface area contributed by atoms with Gasteiger partial charge in [-0.15, -0.1) is 0 Å². The summed E-state index contributed by atoms with van der Waals surface area (Å²) in [5, 5.41) is 76.5. The Labute approximate surface area is 331 Å². The van der Waals surface area contributed by atoms with Crippen molar-refractivity contribution >= 4 is 46.9 Å². The number of rotatable bonds is 11. The Hall–Kier alpha value is -5.53. The van der Waals surface area contributed by atoms with Crippen molar-refractivity contribution in [2.45, 2.75) is 87.4 Å². The molecule has 58 heavy (non-hydrogen) atoms. The minimum atomic E-state index is -1.90. The number of para-hydroxylation sites is 1. The van der Waals surface area contributed by atoms with Crippen LogP contribution in [0.15, 0.2) is 69.6 Å². The van der Waals surface area contributed by atoms with Gasteiger partial charge in [-0.25, -0.2) is 14.9 Å². The van der Waals surface area contributed by atoms with Gasteiger partial charge in [0.1, 0.15) is 43.0 Å². The van der Waals surface area contributed by atoms with Crippen molar-refractivity contribution in [3.05, 3.63) is 88.0 Å². The molecule has 0 aromatic heterocycles. The van der Waals surface area contributed by atoms with Crippen LogP contribution in [-0.4, -0.2) is 122 Å². The van der Waals surface area contributed by atoms with Gasteiger partial charge in [-0.3, -0.25) is 15.0 Å². The summed E-state index contributed by atoms with van der Waals surface area (Å²) in [5.41, 5.74) is -0.258. The van der Waals surface area contributed by atoms with E-state index in [1.54, 1.807) is 36.4 Å². The predicted molar refractivity (Wildman–Crippen MR) is 202 cm³/mol. The predicted octanol–water partition coefficient (Wildman–Crippen LogP) is -0.703. The van der Waals surface area contributed by atoms with E-state index in [-0.39, 0.29) is 83.2 Å². The second-order valence-electron chi connectivity index (χ2n) is 15.0. The lowest BCUT2D eigenvalue weighted by molar-refractivity contribution is -0.723. The van der Waals surface area contributed by atoms with Crippen LogP contribution < -0.4 is 19.5 Å². The summed E-state index contributed by atoms with van der Waals surface area (Å²) in [6.07, 6.45) is -7.26. The summed E-state index contributed by atoms with van der Waals surface area (Å²) in [6, 6.07) is 14.7. The Bertz CT molecular complexity index is 2280. The number of aliphatic hydroxyl groups is 5. The number of carbonyl (C=O) groups is 3. The van der Waals surface area contributed by atoms with E-state index in [0.717, 1.165) is 6.42 Å². The van der Waals surface area contributed by atoms with Crippen LogP contribution in [0.2, 0.25) is 0 Å². The number of nitrogens with zero attached hydrogens (tertiary/aromatic N) is 3. The number of aliphatic imine (C=N–C) groups is 3. The number of aliphatic hydroxyl groups excluding tert-OH is 4. The van der Waals surface area contributed by atoms with Gasteiger partial charge in [-0.2, -0.15) is 4.99 Å². The molecule has 0 amide bonds. The topological polar surface area (TPSA) is 268 Å². The molecule has 0 radical (unpaired) electrons. The monoisotopic (exact) mass is 795 g/mol. The third-order valence-electron chi connectivity index (χ3n) is 11.3. The van der Waals surface area contributed by atoms with Crippen LogP contribution in [0.25, 0.3) is 0 Å². The number of ether oxygens (including phenoxy) is 3. The molecule has 302 valence electrons. The number of nitrogens with one attached hydrogen (secondary N) is 2. The fourth-order valence-electron chi connectivity index (χ4n) is 8.38. The maximum Gasteiger partial charge on any atom is 0.262 e. The summed E-state index contributed by atoms with van der Waals surface area (Å²) in [5.74, 6) is -2.64. The molecule has 1 saturated carbocycles. The van der Waals surface area contributed by atoms with Crippen molar-refractivity contribution in [2.24, 2.45) is 15.0 Å². The van der Waals surface area contributed by atoms with Crippen LogP contribution in [0.5, 0.6) is 11.5 Å². The molecule has 3 aliphatic heterocycles. The number of amidine groups is 1. The van der Waals surface area contributed by atoms with E-state index in [0.29, 0.717) is 35.3 Å². The van der Waals surface area contributed by atoms with Gasteiger partial charge in [0.2, 0.25) is 12.2 Å². The summed E-state index contributed by atoms with van der Waals surface area (Å²) < 4.78 is 18.8. The first-order chi connectivity index (χ1) is 27.9. The summed E-state index contributed by atoms with van der Waals surface area (Å²) in [7, 11) is 0. The number of benzene rings is 3. The molecule has 3 aromatic carbocycles. The van der Waals surface area contributed by atoms with Gasteiger partial charge in [0, 0.05) is 46.6 Å². The fraction of sp³-hybridized carbons (Fsp3) is 0.390. The molecule has 0 bridgehead atoms. The minimum Gasteiger partial charge on any atom is -0.857 e. The molecule has 3 heterocycles. The molecule has 8 rings (SSSR count). The smallest absolute Gasteiger partial charge is 0.262 e. The second kappa shape index (κ2) is 15.7. The Balaban J connectivity index is 1.28. The summed E-state index contributed by atoms with van der Waals surface area (Å²) in [6.45, 7) is -0.488. The zero-order chi connectivity index (χ0) is 40.9. The number of aldehydes is 1. The average Bonchev–Trinajstić information content (AvgIpc) is 3.64. The van der Waals surface area contributed by atoms with E-state index < -0.39 is 72.4 Å². The van der Waals surface area contributed by atoms with Crippen molar-refractivity contribution in [3.63, 3.8) is 0 Å². The molecule has 2 aliphatic carbocycles. The molecule has 5 aliphatic rings. The van der Waals surface area contributed by atoms with E-state index in [1.807, 2.05) is 0 Å². The lowest BCUT2D eigenvalue weighted by Gasteiger charge is -2.48. The highest BCUT2D eigenvalue weighted by Crippen LogP contribution is 2.46. The number of quaternary nitrogens is 1. The van der Waals surface area contributed by atoms with Crippen LogP contribution in [0.4, 0.5) is 5.69 Å². The van der Waals surface area contributed by atoms with Crippen LogP contribution in [0, 0.1) is 5.41 Å². The van der Waals surface area contributed by atoms with E-state index in [9.17, 15) is 45.0 Å². The van der Waals surface area contributed by atoms with Gasteiger partial charge in [-0.1, -0.05) is 61.7 Å². The highest BCUT2D eigenvalue weighted by molar-refractivity contribution is 6.66. The normalized spacial score (nSPS) is 26.7. The molecular formula is C41H41N5O12. The zero-order valence-electron chi connectivity index (χ0n) is 31.0. The molecule has 2 fully saturated rings. The molecule has 7 N–H and O–H groups in total. The number of guanidine groups is 1. The first kappa shape index (κ1) is 39.3. The molecule has 1 unspecified atom stereocenters. The van der Waals surface area contributed by atoms with E-state index >= 15 is 0 Å². The van der Waals surface area contributed by atoms with Crippen molar-refractivity contribution in [1.29, 1.82) is 5.41 Å². The molecule has 17 nitrogen and oxygen atoms in total. The Morgan fingerprint density at radius 1 is 0.931 bits per heavy atom. The third kappa shape index (κ3) is 6.93. The van der Waals surface area contributed by atoms with Gasteiger partial charge in [0.05, 0.1) is 17.3 Å². The molecule has 17 heteroatoms. The fourth-order valence-corrected chi connectivity index (χ4v) is 8.38. The van der Waals surface area contributed by atoms with E-state index in [4.69, 9.17) is 19.6 Å². The number of ketones is 2. The van der Waals surface area contributed by atoms with Crippen molar-refractivity contribution in [3.8, 4) is 11.5 Å². The number of carbonyl (C=O) groups excluding carboxylic acids is 3. The quantitative estimate of drug-likeness (QED) is 0.0930. The second-order valence-corrected chi connectivity index (χ2v) is 15.0. The van der Waals surface area contributed by atoms with Crippen molar-refractivity contribution < 1.29 is 64.1 Å². The standard InChI is InChI=1S/C41H41N5O12/c42-40-44-37-28(38(54)45-40)43-19-46(37)26-11-5-2-8-20(26)16-21-17-25-27(30(50)24-10-4-3-9-23(24)29(25)49)35(56-18-22(48)12-15-47)34(21)57-39-33(53)31(51)32(52)36(58-39)41(55)13-6-1-7-14-41/h2-5,8-11,15,17,22,31-33,36,39,48,51-53,55H,1,6-7,12-14,16,18-19H2,(H2,42,45,54)/t22-,31-,32-,33+,36-,39-/m1/s1. The minimum absolute atomic E-state index is 0.0179. The molecule has 7 atom stereocenters. The zero-order valence-corrected chi connectivity index (χ0v) is 31.0. The average molecular weight is 796 g/mol. The number of hydrogen-bond acceptors (Lipinski definition) is 14. The lowest BCUT2D eigenvalue weighted by Crippen LogP contribution is -3.09. The number of hydrogen-bond donors (Lipinski definition) is 7. The largest absolute Gasteiger partial charge is 0.857 e. The Morgan fingerprint density at radius 3 is 2.38 bits per heavy atom.